The van der Waals surface area contributed by atoms with Crippen molar-refractivity contribution in [2.75, 3.05) is 18.0 Å². The largest absolute Gasteiger partial charge is 0.497 e. The molecule has 0 heterocycles. The van der Waals surface area contributed by atoms with Crippen molar-refractivity contribution in [3.63, 3.8) is 0 Å². The highest BCUT2D eigenvalue weighted by Crippen LogP contribution is 2.33. The lowest BCUT2D eigenvalue weighted by molar-refractivity contribution is -0.141. The van der Waals surface area contributed by atoms with Crippen molar-refractivity contribution < 1.29 is 35.9 Å². The molecule has 1 N–H and O–H groups in total. The van der Waals surface area contributed by atoms with E-state index in [0.717, 1.165) is 12.1 Å². The Hall–Kier alpha value is -4.06. The van der Waals surface area contributed by atoms with E-state index < -0.39 is 51.7 Å². The van der Waals surface area contributed by atoms with Gasteiger partial charge in [-0.2, -0.15) is 13.2 Å². The Bertz CT molecular complexity index is 1510. The number of nitrogens with one attached hydrogen (secondary N) is 1. The van der Waals surface area contributed by atoms with E-state index in [4.69, 9.17) is 4.74 Å². The highest BCUT2D eigenvalue weighted by Gasteiger charge is 2.36. The summed E-state index contributed by atoms with van der Waals surface area (Å²) in [7, 11) is -3.00. The molecule has 0 saturated heterocycles. The third-order valence-electron chi connectivity index (χ3n) is 6.47. The zero-order chi connectivity index (χ0) is 32.0. The summed E-state index contributed by atoms with van der Waals surface area (Å²) in [5, 5.41) is 2.87. The predicted octanol–water partition coefficient (Wildman–Crippen LogP) is 5.63. The molecule has 3 aromatic carbocycles. The molecule has 3 aromatic rings. The number of sulfonamides is 1. The van der Waals surface area contributed by atoms with Crippen LogP contribution in [0.25, 0.3) is 0 Å². The molecular weight excluding hydrogens is 583 g/mol. The first kappa shape index (κ1) is 33.4. The van der Waals surface area contributed by atoms with Crippen molar-refractivity contribution in [2.24, 2.45) is 0 Å². The van der Waals surface area contributed by atoms with Crippen LogP contribution in [0.4, 0.5) is 18.9 Å². The molecule has 0 radical (unpaired) electrons. The van der Waals surface area contributed by atoms with E-state index >= 15 is 0 Å². The van der Waals surface area contributed by atoms with Gasteiger partial charge in [0.2, 0.25) is 11.8 Å². The van der Waals surface area contributed by atoms with Gasteiger partial charge in [-0.05, 0) is 75.2 Å². The van der Waals surface area contributed by atoms with Crippen LogP contribution in [-0.4, -0.2) is 50.4 Å². The number of benzene rings is 3. The van der Waals surface area contributed by atoms with E-state index in [1.54, 1.807) is 58.0 Å². The van der Waals surface area contributed by atoms with Gasteiger partial charge in [-0.25, -0.2) is 8.42 Å². The van der Waals surface area contributed by atoms with Crippen LogP contribution < -0.4 is 14.4 Å². The molecule has 2 amide bonds. The fourth-order valence-electron chi connectivity index (χ4n) is 4.39. The van der Waals surface area contributed by atoms with E-state index in [2.05, 4.69) is 5.32 Å². The van der Waals surface area contributed by atoms with Crippen molar-refractivity contribution in [2.45, 2.75) is 63.3 Å². The van der Waals surface area contributed by atoms with Gasteiger partial charge in [-0.1, -0.05) is 43.3 Å². The minimum absolute atomic E-state index is 0.0687. The van der Waals surface area contributed by atoms with Crippen LogP contribution in [0.5, 0.6) is 5.75 Å². The minimum atomic E-state index is -4.75. The molecule has 232 valence electrons. The molecule has 0 aliphatic rings. The number of halogens is 3. The molecule has 0 spiro atoms. The molecule has 0 aliphatic carbocycles. The summed E-state index contributed by atoms with van der Waals surface area (Å²) in [6.07, 6.45) is -4.56. The van der Waals surface area contributed by atoms with Crippen LogP contribution in [0.1, 0.15) is 45.2 Å². The lowest BCUT2D eigenvalue weighted by atomic mass is 10.1. The Morgan fingerprint density at radius 2 is 1.56 bits per heavy atom. The fraction of sp³-hybridized carbons (Fsp3) is 0.355. The van der Waals surface area contributed by atoms with Crippen LogP contribution in [-0.2, 0) is 32.3 Å². The summed E-state index contributed by atoms with van der Waals surface area (Å²) in [5.74, 6) is -0.652. The normalized spacial score (nSPS) is 12.7. The Kier molecular flexibility index (Phi) is 10.5. The van der Waals surface area contributed by atoms with Gasteiger partial charge in [0.25, 0.3) is 10.0 Å². The van der Waals surface area contributed by atoms with Crippen molar-refractivity contribution in [1.29, 1.82) is 0 Å². The van der Waals surface area contributed by atoms with E-state index in [-0.39, 0.29) is 23.5 Å². The number of carbonyl (C=O) groups is 2. The lowest BCUT2D eigenvalue weighted by Gasteiger charge is -2.35. The van der Waals surface area contributed by atoms with Crippen LogP contribution >= 0.6 is 0 Å². The number of alkyl halides is 3. The standard InChI is InChI=1S/C31H36F3N3O5S/c1-6-27(29(39)35-30(2,3)4)36(20-22-15-17-25(42-5)18-16-22)28(38)21-37(43(40,41)26-13-8-7-9-14-26)24-12-10-11-23(19-24)31(32,33)34/h7-19,27H,6,20-21H2,1-5H3,(H,35,39)/t27-/m1/s1. The minimum Gasteiger partial charge on any atom is -0.497 e. The Morgan fingerprint density at radius 1 is 0.930 bits per heavy atom. The SMILES string of the molecule is CC[C@H](C(=O)NC(C)(C)C)N(Cc1ccc(OC)cc1)C(=O)CN(c1cccc(C(F)(F)F)c1)S(=O)(=O)c1ccccc1. The number of hydrogen-bond acceptors (Lipinski definition) is 5. The first-order chi connectivity index (χ1) is 20.1. The monoisotopic (exact) mass is 619 g/mol. The molecule has 1 atom stereocenters. The number of anilines is 1. The van der Waals surface area contributed by atoms with E-state index in [1.807, 2.05) is 0 Å². The number of methoxy groups -OCH3 is 1. The molecule has 3 rings (SSSR count). The maximum Gasteiger partial charge on any atom is 0.416 e. The topological polar surface area (TPSA) is 96.0 Å². The van der Waals surface area contributed by atoms with Crippen molar-refractivity contribution in [1.82, 2.24) is 10.2 Å². The first-order valence-corrected chi connectivity index (χ1v) is 15.0. The summed E-state index contributed by atoms with van der Waals surface area (Å²) < 4.78 is 74.3. The van der Waals surface area contributed by atoms with Crippen molar-refractivity contribution in [3.05, 3.63) is 90.0 Å². The van der Waals surface area contributed by atoms with Gasteiger partial charge >= 0.3 is 6.18 Å². The summed E-state index contributed by atoms with van der Waals surface area (Å²) >= 11 is 0. The second-order valence-corrected chi connectivity index (χ2v) is 12.8. The summed E-state index contributed by atoms with van der Waals surface area (Å²) in [4.78, 5) is 28.5. The maximum absolute atomic E-state index is 14.1. The van der Waals surface area contributed by atoms with Crippen LogP contribution in [0.2, 0.25) is 0 Å². The smallest absolute Gasteiger partial charge is 0.416 e. The Balaban J connectivity index is 2.11. The molecule has 0 saturated carbocycles. The number of hydrogen-bond donors (Lipinski definition) is 1. The van der Waals surface area contributed by atoms with E-state index in [9.17, 15) is 31.2 Å². The zero-order valence-corrected chi connectivity index (χ0v) is 25.5. The van der Waals surface area contributed by atoms with Crippen LogP contribution in [0, 0.1) is 0 Å². The van der Waals surface area contributed by atoms with Gasteiger partial charge in [-0.3, -0.25) is 13.9 Å². The number of rotatable bonds is 11. The van der Waals surface area contributed by atoms with Gasteiger partial charge in [0.15, 0.2) is 0 Å². The second kappa shape index (κ2) is 13.5. The summed E-state index contributed by atoms with van der Waals surface area (Å²) in [5.41, 5.74) is -1.41. The molecule has 8 nitrogen and oxygen atoms in total. The van der Waals surface area contributed by atoms with Gasteiger partial charge in [0.05, 0.1) is 23.3 Å². The van der Waals surface area contributed by atoms with Crippen LogP contribution in [0.3, 0.4) is 0 Å². The summed E-state index contributed by atoms with van der Waals surface area (Å²) in [6.45, 7) is 6.15. The maximum atomic E-state index is 14.1. The molecule has 0 bridgehead atoms. The van der Waals surface area contributed by atoms with Gasteiger partial charge in [0.1, 0.15) is 18.3 Å². The highest BCUT2D eigenvalue weighted by molar-refractivity contribution is 7.92. The molecule has 43 heavy (non-hydrogen) atoms. The van der Waals surface area contributed by atoms with Crippen molar-refractivity contribution in [3.8, 4) is 5.75 Å². The lowest BCUT2D eigenvalue weighted by Crippen LogP contribution is -2.55. The Labute approximate surface area is 250 Å². The Morgan fingerprint density at radius 3 is 2.09 bits per heavy atom. The predicted molar refractivity (Wildman–Crippen MR) is 158 cm³/mol. The molecule has 0 fully saturated rings. The van der Waals surface area contributed by atoms with Gasteiger partial charge < -0.3 is 15.0 Å². The quantitative estimate of drug-likeness (QED) is 0.300. The van der Waals surface area contributed by atoms with Crippen molar-refractivity contribution >= 4 is 27.5 Å². The number of ether oxygens (including phenoxy) is 1. The molecule has 0 aliphatic heterocycles. The number of nitrogens with zero attached hydrogens (tertiary/aromatic N) is 2. The molecule has 0 unspecified atom stereocenters. The first-order valence-electron chi connectivity index (χ1n) is 13.6. The second-order valence-electron chi connectivity index (χ2n) is 10.9. The highest BCUT2D eigenvalue weighted by atomic mass is 32.2. The average molecular weight is 620 g/mol. The third kappa shape index (κ3) is 8.73. The van der Waals surface area contributed by atoms with E-state index in [1.165, 1.54) is 42.3 Å². The average Bonchev–Trinajstić information content (AvgIpc) is 2.95. The molecular formula is C31H36F3N3O5S. The molecule has 12 heteroatoms. The zero-order valence-electron chi connectivity index (χ0n) is 24.7. The number of carbonyl (C=O) groups excluding carboxylic acids is 2. The number of amides is 2. The van der Waals surface area contributed by atoms with Gasteiger partial charge in [-0.15, -0.1) is 0 Å². The van der Waals surface area contributed by atoms with Crippen LogP contribution in [0.15, 0.2) is 83.8 Å². The summed E-state index contributed by atoms with van der Waals surface area (Å²) in [6, 6.07) is 16.7. The fourth-order valence-corrected chi connectivity index (χ4v) is 5.81. The molecule has 0 aromatic heterocycles. The van der Waals surface area contributed by atoms with E-state index in [0.29, 0.717) is 21.7 Å². The third-order valence-corrected chi connectivity index (χ3v) is 8.26. The van der Waals surface area contributed by atoms with Gasteiger partial charge in [0, 0.05) is 12.1 Å².